The summed E-state index contributed by atoms with van der Waals surface area (Å²) in [4.78, 5) is 25.6. The largest absolute Gasteiger partial charge is 0.468 e. The fourth-order valence-corrected chi connectivity index (χ4v) is 2.39. The van der Waals surface area contributed by atoms with Crippen LogP contribution in [0.3, 0.4) is 0 Å². The summed E-state index contributed by atoms with van der Waals surface area (Å²) in [5, 5.41) is 0. The number of carbonyl (C=O) groups is 2. The van der Waals surface area contributed by atoms with Crippen molar-refractivity contribution >= 4 is 11.8 Å². The summed E-state index contributed by atoms with van der Waals surface area (Å²) in [6.45, 7) is 0.732. The first-order chi connectivity index (χ1) is 9.11. The van der Waals surface area contributed by atoms with Crippen molar-refractivity contribution in [1.82, 2.24) is 4.90 Å². The highest BCUT2D eigenvalue weighted by atomic mass is 16.5. The van der Waals surface area contributed by atoms with Crippen molar-refractivity contribution in [3.05, 3.63) is 35.9 Å². The molecule has 1 aromatic carbocycles. The molecule has 1 saturated heterocycles. The maximum atomic E-state index is 12.1. The molecule has 5 nitrogen and oxygen atoms in total. The number of benzene rings is 1. The Kier molecular flexibility index (Phi) is 4.29. The quantitative estimate of drug-likeness (QED) is 0.630. The van der Waals surface area contributed by atoms with Gasteiger partial charge in [-0.25, -0.2) is 0 Å². The number of ketones is 1. The van der Waals surface area contributed by atoms with Crippen LogP contribution in [0.15, 0.2) is 30.3 Å². The van der Waals surface area contributed by atoms with Crippen molar-refractivity contribution in [3.8, 4) is 0 Å². The van der Waals surface area contributed by atoms with Crippen LogP contribution in [-0.4, -0.2) is 48.9 Å². The molecule has 0 radical (unpaired) electrons. The third-order valence-corrected chi connectivity index (χ3v) is 3.35. The Bertz CT molecular complexity index is 461. The Morgan fingerprint density at radius 3 is 2.68 bits per heavy atom. The number of Topliss-reactive ketones (excluding diaryl/α,β-unsaturated/α-hetero) is 1. The molecule has 5 heteroatoms. The summed E-state index contributed by atoms with van der Waals surface area (Å²) in [5.74, 6) is -0.336. The number of nitrogens with zero attached hydrogens (tertiary/aromatic N) is 1. The highest BCUT2D eigenvalue weighted by Gasteiger charge is 2.36. The number of methoxy groups -OCH3 is 1. The highest BCUT2D eigenvalue weighted by molar-refractivity contribution is 5.97. The highest BCUT2D eigenvalue weighted by Crippen LogP contribution is 2.18. The summed E-state index contributed by atoms with van der Waals surface area (Å²) in [6.07, 6.45) is 0.536. The molecular weight excluding hydrogens is 244 g/mol. The Labute approximate surface area is 112 Å². The third kappa shape index (κ3) is 3.19. The van der Waals surface area contributed by atoms with Gasteiger partial charge < -0.3 is 10.5 Å². The third-order valence-electron chi connectivity index (χ3n) is 3.35. The standard InChI is InChI=1S/C14H18N2O3/c1-19-14(18)12-7-11(15)8-16(12)9-13(17)10-5-3-2-4-6-10/h2-6,11-12H,7-9,15H2,1H3. The fourth-order valence-electron chi connectivity index (χ4n) is 2.39. The van der Waals surface area contributed by atoms with E-state index in [1.54, 1.807) is 17.0 Å². The molecule has 0 saturated carbocycles. The predicted molar refractivity (Wildman–Crippen MR) is 70.7 cm³/mol. The van der Waals surface area contributed by atoms with Gasteiger partial charge in [0.1, 0.15) is 6.04 Å². The second-order valence-corrected chi connectivity index (χ2v) is 4.75. The first kappa shape index (κ1) is 13.7. The van der Waals surface area contributed by atoms with Crippen LogP contribution in [0.2, 0.25) is 0 Å². The molecule has 0 bridgehead atoms. The first-order valence-corrected chi connectivity index (χ1v) is 6.27. The second-order valence-electron chi connectivity index (χ2n) is 4.75. The summed E-state index contributed by atoms with van der Waals surface area (Å²) in [6, 6.07) is 8.54. The number of hydrogen-bond acceptors (Lipinski definition) is 5. The number of likely N-dealkylation sites (tertiary alicyclic amines) is 1. The number of ether oxygens (including phenoxy) is 1. The van der Waals surface area contributed by atoms with E-state index in [-0.39, 0.29) is 24.3 Å². The molecular formula is C14H18N2O3. The van der Waals surface area contributed by atoms with Gasteiger partial charge in [-0.15, -0.1) is 0 Å². The van der Waals surface area contributed by atoms with Crippen molar-refractivity contribution < 1.29 is 14.3 Å². The lowest BCUT2D eigenvalue weighted by atomic mass is 10.1. The average molecular weight is 262 g/mol. The van der Waals surface area contributed by atoms with Crippen molar-refractivity contribution in [1.29, 1.82) is 0 Å². The van der Waals surface area contributed by atoms with Gasteiger partial charge in [-0.05, 0) is 6.42 Å². The molecule has 19 heavy (non-hydrogen) atoms. The fraction of sp³-hybridized carbons (Fsp3) is 0.429. The summed E-state index contributed by atoms with van der Waals surface area (Å²) in [5.41, 5.74) is 6.51. The molecule has 2 N–H and O–H groups in total. The van der Waals surface area contributed by atoms with Crippen LogP contribution in [0.1, 0.15) is 16.8 Å². The first-order valence-electron chi connectivity index (χ1n) is 6.27. The molecule has 1 aliphatic heterocycles. The van der Waals surface area contributed by atoms with Crippen LogP contribution >= 0.6 is 0 Å². The van der Waals surface area contributed by atoms with Crippen molar-refractivity contribution in [2.75, 3.05) is 20.2 Å². The molecule has 102 valence electrons. The van der Waals surface area contributed by atoms with E-state index in [1.807, 2.05) is 18.2 Å². The number of rotatable bonds is 4. The molecule has 1 fully saturated rings. The molecule has 2 atom stereocenters. The second kappa shape index (κ2) is 5.95. The summed E-state index contributed by atoms with van der Waals surface area (Å²) >= 11 is 0. The van der Waals surface area contributed by atoms with Gasteiger partial charge in [-0.2, -0.15) is 0 Å². The molecule has 0 aliphatic carbocycles. The monoisotopic (exact) mass is 262 g/mol. The maximum Gasteiger partial charge on any atom is 0.323 e. The van der Waals surface area contributed by atoms with Crippen molar-refractivity contribution in [2.45, 2.75) is 18.5 Å². The van der Waals surface area contributed by atoms with Crippen molar-refractivity contribution in [2.24, 2.45) is 5.73 Å². The number of esters is 1. The Morgan fingerprint density at radius 1 is 1.37 bits per heavy atom. The van der Waals surface area contributed by atoms with Crippen LogP contribution in [0.5, 0.6) is 0 Å². The molecule has 1 heterocycles. The zero-order valence-corrected chi connectivity index (χ0v) is 10.9. The van der Waals surface area contributed by atoms with Gasteiger partial charge in [-0.1, -0.05) is 30.3 Å². The van der Waals surface area contributed by atoms with Crippen LogP contribution in [0, 0.1) is 0 Å². The summed E-state index contributed by atoms with van der Waals surface area (Å²) in [7, 11) is 1.35. The van der Waals surface area contributed by atoms with Crippen LogP contribution in [-0.2, 0) is 9.53 Å². The average Bonchev–Trinajstić information content (AvgIpc) is 2.79. The van der Waals surface area contributed by atoms with Gasteiger partial charge in [0.2, 0.25) is 0 Å². The predicted octanol–water partition coefficient (Wildman–Crippen LogP) is 0.444. The van der Waals surface area contributed by atoms with Gasteiger partial charge in [0, 0.05) is 18.2 Å². The molecule has 2 rings (SSSR count). The van der Waals surface area contributed by atoms with E-state index in [1.165, 1.54) is 7.11 Å². The van der Waals surface area contributed by atoms with Crippen LogP contribution < -0.4 is 5.73 Å². The molecule has 0 aromatic heterocycles. The topological polar surface area (TPSA) is 72.6 Å². The Hall–Kier alpha value is -1.72. The SMILES string of the molecule is COC(=O)C1CC(N)CN1CC(=O)c1ccccc1. The minimum atomic E-state index is -0.410. The number of nitrogens with two attached hydrogens (primary N) is 1. The molecule has 0 spiro atoms. The van der Waals surface area contributed by atoms with Crippen LogP contribution in [0.4, 0.5) is 0 Å². The molecule has 1 aliphatic rings. The van der Waals surface area contributed by atoms with E-state index in [0.717, 1.165) is 0 Å². The maximum absolute atomic E-state index is 12.1. The lowest BCUT2D eigenvalue weighted by Gasteiger charge is -2.21. The van der Waals surface area contributed by atoms with Gasteiger partial charge >= 0.3 is 5.97 Å². The Morgan fingerprint density at radius 2 is 2.05 bits per heavy atom. The van der Waals surface area contributed by atoms with Gasteiger partial charge in [0.05, 0.1) is 13.7 Å². The smallest absolute Gasteiger partial charge is 0.323 e. The number of hydrogen-bond donors (Lipinski definition) is 1. The Balaban J connectivity index is 2.05. The van der Waals surface area contributed by atoms with E-state index in [4.69, 9.17) is 10.5 Å². The van der Waals surface area contributed by atoms with Crippen LogP contribution in [0.25, 0.3) is 0 Å². The zero-order chi connectivity index (χ0) is 13.8. The molecule has 0 amide bonds. The lowest BCUT2D eigenvalue weighted by Crippen LogP contribution is -2.40. The van der Waals surface area contributed by atoms with E-state index < -0.39 is 6.04 Å². The lowest BCUT2D eigenvalue weighted by molar-refractivity contribution is -0.145. The zero-order valence-electron chi connectivity index (χ0n) is 10.9. The van der Waals surface area contributed by atoms with Gasteiger partial charge in [0.15, 0.2) is 5.78 Å². The number of carbonyl (C=O) groups excluding carboxylic acids is 2. The van der Waals surface area contributed by atoms with E-state index in [2.05, 4.69) is 0 Å². The van der Waals surface area contributed by atoms with E-state index >= 15 is 0 Å². The minimum Gasteiger partial charge on any atom is -0.468 e. The molecule has 1 aromatic rings. The van der Waals surface area contributed by atoms with Gasteiger partial charge in [0.25, 0.3) is 0 Å². The minimum absolute atomic E-state index is 0.0106. The normalized spacial score (nSPS) is 23.3. The van der Waals surface area contributed by atoms with Crippen molar-refractivity contribution in [3.63, 3.8) is 0 Å². The van der Waals surface area contributed by atoms with E-state index in [9.17, 15) is 9.59 Å². The van der Waals surface area contributed by atoms with Gasteiger partial charge in [-0.3, -0.25) is 14.5 Å². The molecule has 2 unspecified atom stereocenters. The summed E-state index contributed by atoms with van der Waals surface area (Å²) < 4.78 is 4.75. The van der Waals surface area contributed by atoms with E-state index in [0.29, 0.717) is 18.5 Å².